The van der Waals surface area contributed by atoms with Crippen molar-refractivity contribution in [1.82, 2.24) is 14.8 Å². The van der Waals surface area contributed by atoms with Crippen LogP contribution in [0.25, 0.3) is 5.69 Å². The fourth-order valence-electron chi connectivity index (χ4n) is 2.85. The number of carboxylic acid groups (broad SMARTS) is 1. The van der Waals surface area contributed by atoms with Gasteiger partial charge >= 0.3 is 5.97 Å². The Morgan fingerprint density at radius 3 is 2.41 bits per heavy atom. The number of nitrogens with one attached hydrogen (secondary N) is 1. The van der Waals surface area contributed by atoms with Gasteiger partial charge in [-0.15, -0.1) is 0 Å². The van der Waals surface area contributed by atoms with Gasteiger partial charge in [-0.05, 0) is 29.7 Å². The number of carbonyl (C=O) groups is 2. The van der Waals surface area contributed by atoms with Crippen LogP contribution in [-0.2, 0) is 9.59 Å². The second-order valence-corrected chi connectivity index (χ2v) is 5.99. The van der Waals surface area contributed by atoms with Crippen LogP contribution in [0.5, 0.6) is 0 Å². The topological polar surface area (TPSA) is 97.1 Å². The first kappa shape index (κ1) is 14.2. The maximum atomic E-state index is 12.2. The molecule has 0 unspecified atom stereocenters. The van der Waals surface area contributed by atoms with Gasteiger partial charge in [-0.3, -0.25) is 9.59 Å². The maximum absolute atomic E-state index is 12.2. The van der Waals surface area contributed by atoms with Crippen molar-refractivity contribution in [3.05, 3.63) is 36.9 Å². The lowest BCUT2D eigenvalue weighted by atomic mass is 10.1. The number of nitrogens with zero attached hydrogens (tertiary/aromatic N) is 3. The molecule has 2 atom stereocenters. The smallest absolute Gasteiger partial charge is 0.307 e. The van der Waals surface area contributed by atoms with Crippen LogP contribution in [0.15, 0.2) is 36.9 Å². The number of hydrogen-bond acceptors (Lipinski definition) is 4. The zero-order valence-electron chi connectivity index (χ0n) is 12.2. The van der Waals surface area contributed by atoms with Crippen LogP contribution in [0.3, 0.4) is 0 Å². The van der Waals surface area contributed by atoms with E-state index in [4.69, 9.17) is 5.11 Å². The number of carboxylic acids is 1. The van der Waals surface area contributed by atoms with Crippen LogP contribution in [0.4, 0.5) is 5.69 Å². The van der Waals surface area contributed by atoms with Crippen LogP contribution in [0.2, 0.25) is 0 Å². The molecule has 0 spiro atoms. The number of anilines is 1. The molecule has 7 nitrogen and oxygen atoms in total. The van der Waals surface area contributed by atoms with Gasteiger partial charge in [0.25, 0.3) is 0 Å². The number of aliphatic carboxylic acids is 1. The van der Waals surface area contributed by atoms with Crippen LogP contribution in [0.1, 0.15) is 13.8 Å². The van der Waals surface area contributed by atoms with Gasteiger partial charge in [0.15, 0.2) is 0 Å². The molecule has 1 saturated carbocycles. The Kier molecular flexibility index (Phi) is 3.20. The Morgan fingerprint density at radius 2 is 1.91 bits per heavy atom. The summed E-state index contributed by atoms with van der Waals surface area (Å²) in [6.07, 6.45) is 3.02. The second kappa shape index (κ2) is 4.94. The van der Waals surface area contributed by atoms with Gasteiger partial charge in [0.1, 0.15) is 12.7 Å². The molecule has 3 rings (SSSR count). The number of rotatable bonds is 4. The van der Waals surface area contributed by atoms with Crippen LogP contribution < -0.4 is 5.32 Å². The number of aromatic nitrogens is 3. The molecule has 1 aliphatic rings. The first-order valence-electron chi connectivity index (χ1n) is 6.90. The molecular formula is C15H16N4O3. The highest BCUT2D eigenvalue weighted by Crippen LogP contribution is 2.58. The zero-order chi connectivity index (χ0) is 15.9. The lowest BCUT2D eigenvalue weighted by Crippen LogP contribution is -2.17. The minimum atomic E-state index is -0.924. The molecule has 114 valence electrons. The molecule has 0 radical (unpaired) electrons. The Morgan fingerprint density at radius 1 is 1.23 bits per heavy atom. The molecule has 0 aliphatic heterocycles. The van der Waals surface area contributed by atoms with E-state index >= 15 is 0 Å². The summed E-state index contributed by atoms with van der Waals surface area (Å²) >= 11 is 0. The number of carbonyl (C=O) groups excluding carboxylic acids is 1. The monoisotopic (exact) mass is 300 g/mol. The van der Waals surface area contributed by atoms with Gasteiger partial charge in [0, 0.05) is 5.69 Å². The molecule has 1 aliphatic carbocycles. The Hall–Kier alpha value is -2.70. The highest BCUT2D eigenvalue weighted by Gasteiger charge is 2.65. The normalized spacial score (nSPS) is 22.1. The fraction of sp³-hybridized carbons (Fsp3) is 0.333. The van der Waals surface area contributed by atoms with Crippen LogP contribution >= 0.6 is 0 Å². The highest BCUT2D eigenvalue weighted by molar-refractivity contribution is 5.99. The molecule has 7 heteroatoms. The second-order valence-electron chi connectivity index (χ2n) is 5.99. The van der Waals surface area contributed by atoms with E-state index in [-0.39, 0.29) is 5.91 Å². The molecule has 2 aromatic rings. The lowest BCUT2D eigenvalue weighted by Gasteiger charge is -2.07. The van der Waals surface area contributed by atoms with Gasteiger partial charge in [-0.2, -0.15) is 5.10 Å². The van der Waals surface area contributed by atoms with E-state index < -0.39 is 23.2 Å². The number of hydrogen-bond donors (Lipinski definition) is 2. The number of benzene rings is 1. The Labute approximate surface area is 127 Å². The quantitative estimate of drug-likeness (QED) is 0.893. The predicted octanol–water partition coefficient (Wildman–Crippen LogP) is 1.56. The Bertz CT molecular complexity index is 707. The van der Waals surface area contributed by atoms with Gasteiger partial charge in [0.05, 0.1) is 17.5 Å². The molecular weight excluding hydrogens is 284 g/mol. The minimum absolute atomic E-state index is 0.258. The van der Waals surface area contributed by atoms with Crippen molar-refractivity contribution in [3.63, 3.8) is 0 Å². The van der Waals surface area contributed by atoms with Crippen LogP contribution in [-0.4, -0.2) is 31.7 Å². The van der Waals surface area contributed by atoms with E-state index in [1.54, 1.807) is 49.1 Å². The molecule has 1 heterocycles. The molecule has 1 fully saturated rings. The summed E-state index contributed by atoms with van der Waals surface area (Å²) in [5.41, 5.74) is 0.947. The first-order valence-corrected chi connectivity index (χ1v) is 6.90. The zero-order valence-corrected chi connectivity index (χ0v) is 12.2. The summed E-state index contributed by atoms with van der Waals surface area (Å²) in [6.45, 7) is 3.59. The summed E-state index contributed by atoms with van der Waals surface area (Å²) in [4.78, 5) is 27.2. The van der Waals surface area contributed by atoms with E-state index in [0.29, 0.717) is 5.69 Å². The first-order chi connectivity index (χ1) is 10.4. The average Bonchev–Trinajstić information content (AvgIpc) is 2.84. The third-order valence-electron chi connectivity index (χ3n) is 4.19. The van der Waals surface area contributed by atoms with Crippen molar-refractivity contribution in [1.29, 1.82) is 0 Å². The minimum Gasteiger partial charge on any atom is -0.481 e. The van der Waals surface area contributed by atoms with Gasteiger partial charge < -0.3 is 10.4 Å². The standard InChI is InChI=1S/C15H16N4O3/c1-15(2)11(12(15)14(21)22)13(20)18-9-3-5-10(6-4-9)19-8-16-7-17-19/h3-8,11-12H,1-2H3,(H,18,20)(H,21,22)/t11-,12+/m1/s1. The van der Waals surface area contributed by atoms with E-state index in [9.17, 15) is 9.59 Å². The maximum Gasteiger partial charge on any atom is 0.307 e. The van der Waals surface area contributed by atoms with Crippen molar-refractivity contribution in [2.75, 3.05) is 5.32 Å². The van der Waals surface area contributed by atoms with Gasteiger partial charge in [0.2, 0.25) is 5.91 Å². The van der Waals surface area contributed by atoms with Crippen molar-refractivity contribution >= 4 is 17.6 Å². The summed E-state index contributed by atoms with van der Waals surface area (Å²) < 4.78 is 1.61. The average molecular weight is 300 g/mol. The van der Waals surface area contributed by atoms with Crippen molar-refractivity contribution in [3.8, 4) is 5.69 Å². The molecule has 2 N–H and O–H groups in total. The summed E-state index contributed by atoms with van der Waals surface area (Å²) in [5.74, 6) is -2.31. The van der Waals surface area contributed by atoms with E-state index in [1.165, 1.54) is 6.33 Å². The highest BCUT2D eigenvalue weighted by atomic mass is 16.4. The molecule has 0 saturated heterocycles. The molecule has 22 heavy (non-hydrogen) atoms. The number of amides is 1. The fourth-order valence-corrected chi connectivity index (χ4v) is 2.85. The summed E-state index contributed by atoms with van der Waals surface area (Å²) in [7, 11) is 0. The lowest BCUT2D eigenvalue weighted by molar-refractivity contribution is -0.140. The van der Waals surface area contributed by atoms with Crippen molar-refractivity contribution in [2.45, 2.75) is 13.8 Å². The van der Waals surface area contributed by atoms with Crippen LogP contribution in [0, 0.1) is 17.3 Å². The van der Waals surface area contributed by atoms with E-state index in [2.05, 4.69) is 15.4 Å². The van der Waals surface area contributed by atoms with E-state index in [1.807, 2.05) is 0 Å². The van der Waals surface area contributed by atoms with Gasteiger partial charge in [-0.25, -0.2) is 9.67 Å². The molecule has 0 bridgehead atoms. The van der Waals surface area contributed by atoms with Crippen molar-refractivity contribution in [2.24, 2.45) is 17.3 Å². The molecule has 1 aromatic carbocycles. The van der Waals surface area contributed by atoms with Gasteiger partial charge in [-0.1, -0.05) is 13.8 Å². The predicted molar refractivity (Wildman–Crippen MR) is 78.4 cm³/mol. The third-order valence-corrected chi connectivity index (χ3v) is 4.19. The Balaban J connectivity index is 1.69. The SMILES string of the molecule is CC1(C)[C@H](C(=O)O)[C@@H]1C(=O)Nc1ccc(-n2cncn2)cc1. The largest absolute Gasteiger partial charge is 0.481 e. The summed E-state index contributed by atoms with van der Waals surface area (Å²) in [6, 6.07) is 7.11. The third kappa shape index (κ3) is 2.34. The van der Waals surface area contributed by atoms with Crippen molar-refractivity contribution < 1.29 is 14.7 Å². The molecule has 1 aromatic heterocycles. The van der Waals surface area contributed by atoms with E-state index in [0.717, 1.165) is 5.69 Å². The summed E-state index contributed by atoms with van der Waals surface area (Å²) in [5, 5.41) is 15.9. The molecule has 1 amide bonds.